The fraction of sp³-hybridized carbons (Fsp3) is 0.538. The molecule has 0 aromatic carbocycles. The minimum atomic E-state index is 0.0450. The van der Waals surface area contributed by atoms with Gasteiger partial charge in [0.1, 0.15) is 10.8 Å². The summed E-state index contributed by atoms with van der Waals surface area (Å²) >= 11 is 1.60. The molecule has 7 heteroatoms. The molecule has 0 bridgehead atoms. The first-order valence-electron chi connectivity index (χ1n) is 6.46. The van der Waals surface area contributed by atoms with E-state index in [1.165, 1.54) is 0 Å². The van der Waals surface area contributed by atoms with Gasteiger partial charge < -0.3 is 10.5 Å². The van der Waals surface area contributed by atoms with E-state index in [-0.39, 0.29) is 17.4 Å². The first-order chi connectivity index (χ1) is 9.38. The Bertz CT molecular complexity index is 591. The van der Waals surface area contributed by atoms with Crippen molar-refractivity contribution in [3.63, 3.8) is 0 Å². The third-order valence-electron chi connectivity index (χ3n) is 2.58. The number of rotatable bonds is 4. The maximum Gasteiger partial charge on any atom is 0.321 e. The summed E-state index contributed by atoms with van der Waals surface area (Å²) in [5.74, 6) is 0.752. The summed E-state index contributed by atoms with van der Waals surface area (Å²) in [5.41, 5.74) is 6.78. The van der Waals surface area contributed by atoms with E-state index in [1.54, 1.807) is 11.3 Å². The molecule has 0 aliphatic carbocycles. The zero-order valence-corrected chi connectivity index (χ0v) is 13.0. The van der Waals surface area contributed by atoms with Crippen molar-refractivity contribution in [3.05, 3.63) is 21.9 Å². The molecule has 0 unspecified atom stereocenters. The quantitative estimate of drug-likeness (QED) is 0.930. The van der Waals surface area contributed by atoms with E-state index in [2.05, 4.69) is 46.1 Å². The van der Waals surface area contributed by atoms with Crippen molar-refractivity contribution in [1.29, 1.82) is 0 Å². The average Bonchev–Trinajstić information content (AvgIpc) is 2.76. The molecule has 0 aliphatic heterocycles. The van der Waals surface area contributed by atoms with Gasteiger partial charge in [0, 0.05) is 10.8 Å². The maximum atomic E-state index is 5.66. The van der Waals surface area contributed by atoms with E-state index in [4.69, 9.17) is 10.5 Å². The Morgan fingerprint density at radius 2 is 1.95 bits per heavy atom. The van der Waals surface area contributed by atoms with Crippen LogP contribution in [0, 0.1) is 0 Å². The molecule has 0 radical (unpaired) electrons. The largest absolute Gasteiger partial charge is 0.464 e. The van der Waals surface area contributed by atoms with Gasteiger partial charge in [-0.05, 0) is 6.92 Å². The van der Waals surface area contributed by atoms with Gasteiger partial charge in [-0.1, -0.05) is 20.8 Å². The lowest BCUT2D eigenvalue weighted by Crippen LogP contribution is -2.12. The first-order valence-corrected chi connectivity index (χ1v) is 7.34. The van der Waals surface area contributed by atoms with Crippen LogP contribution in [0.25, 0.3) is 0 Å². The number of anilines is 1. The van der Waals surface area contributed by atoms with Crippen LogP contribution in [0.2, 0.25) is 0 Å². The predicted molar refractivity (Wildman–Crippen MR) is 79.0 cm³/mol. The lowest BCUT2D eigenvalue weighted by molar-refractivity contribution is 0.310. The molecule has 2 aromatic rings. The zero-order valence-electron chi connectivity index (χ0n) is 12.2. The van der Waals surface area contributed by atoms with Crippen molar-refractivity contribution in [1.82, 2.24) is 19.9 Å². The van der Waals surface area contributed by atoms with Gasteiger partial charge >= 0.3 is 6.01 Å². The zero-order chi connectivity index (χ0) is 14.8. The summed E-state index contributed by atoms with van der Waals surface area (Å²) in [6.45, 7) is 8.78. The molecule has 0 saturated heterocycles. The molecule has 6 nitrogen and oxygen atoms in total. The van der Waals surface area contributed by atoms with Crippen LogP contribution in [0.15, 0.2) is 5.38 Å². The molecular formula is C13H19N5OS. The summed E-state index contributed by atoms with van der Waals surface area (Å²) in [4.78, 5) is 16.9. The highest BCUT2D eigenvalue weighted by atomic mass is 32.1. The van der Waals surface area contributed by atoms with Crippen LogP contribution >= 0.6 is 11.3 Å². The molecule has 0 amide bonds. The Morgan fingerprint density at radius 3 is 2.55 bits per heavy atom. The third kappa shape index (κ3) is 3.63. The molecule has 2 aromatic heterocycles. The standard InChI is InChI=1S/C13H19N5OS/c1-5-19-12-17-9(16-11(14)18-12)6-10-15-8(7-20-10)13(2,3)4/h7H,5-6H2,1-4H3,(H2,14,16,17,18). The van der Waals surface area contributed by atoms with Gasteiger partial charge in [0.25, 0.3) is 0 Å². The predicted octanol–water partition coefficient (Wildman–Crippen LogP) is 2.20. The number of ether oxygens (including phenoxy) is 1. The monoisotopic (exact) mass is 293 g/mol. The fourth-order valence-electron chi connectivity index (χ4n) is 1.56. The highest BCUT2D eigenvalue weighted by Crippen LogP contribution is 2.24. The van der Waals surface area contributed by atoms with Gasteiger partial charge in [-0.3, -0.25) is 0 Å². The van der Waals surface area contributed by atoms with Gasteiger partial charge in [0.05, 0.1) is 18.7 Å². The van der Waals surface area contributed by atoms with Crippen LogP contribution in [0.4, 0.5) is 5.95 Å². The second kappa shape index (κ2) is 5.70. The molecule has 0 saturated carbocycles. The number of nitrogens with zero attached hydrogens (tertiary/aromatic N) is 4. The van der Waals surface area contributed by atoms with Crippen LogP contribution in [-0.4, -0.2) is 26.5 Å². The summed E-state index contributed by atoms with van der Waals surface area (Å²) in [6.07, 6.45) is 0.535. The van der Waals surface area contributed by atoms with Gasteiger partial charge in [-0.15, -0.1) is 11.3 Å². The number of thiazole rings is 1. The summed E-state index contributed by atoms with van der Waals surface area (Å²) in [7, 11) is 0. The average molecular weight is 293 g/mol. The third-order valence-corrected chi connectivity index (χ3v) is 3.43. The van der Waals surface area contributed by atoms with Gasteiger partial charge in [0.2, 0.25) is 5.95 Å². The molecule has 2 heterocycles. The number of nitrogens with two attached hydrogens (primary N) is 1. The topological polar surface area (TPSA) is 86.8 Å². The number of aromatic nitrogens is 4. The smallest absolute Gasteiger partial charge is 0.321 e. The van der Waals surface area contributed by atoms with E-state index >= 15 is 0 Å². The Kier molecular flexibility index (Phi) is 4.17. The van der Waals surface area contributed by atoms with Gasteiger partial charge in [-0.2, -0.15) is 15.0 Å². The van der Waals surface area contributed by atoms with E-state index in [1.807, 2.05) is 6.92 Å². The van der Waals surface area contributed by atoms with Crippen LogP contribution in [0.1, 0.15) is 44.2 Å². The van der Waals surface area contributed by atoms with E-state index < -0.39 is 0 Å². The SMILES string of the molecule is CCOc1nc(N)nc(Cc2nc(C(C)(C)C)cs2)n1. The van der Waals surface area contributed by atoms with Crippen LogP contribution in [0.3, 0.4) is 0 Å². The minimum Gasteiger partial charge on any atom is -0.464 e. The molecule has 0 fully saturated rings. The highest BCUT2D eigenvalue weighted by molar-refractivity contribution is 7.09. The van der Waals surface area contributed by atoms with Crippen molar-refractivity contribution in [3.8, 4) is 6.01 Å². The molecule has 2 N–H and O–H groups in total. The summed E-state index contributed by atoms with van der Waals surface area (Å²) in [6, 6.07) is 0.266. The molecule has 108 valence electrons. The summed E-state index contributed by atoms with van der Waals surface area (Å²) < 4.78 is 5.27. The van der Waals surface area contributed by atoms with E-state index in [0.29, 0.717) is 18.9 Å². The normalized spacial score (nSPS) is 11.6. The van der Waals surface area contributed by atoms with Gasteiger partial charge in [0.15, 0.2) is 0 Å². The Hall–Kier alpha value is -1.76. The number of hydrogen-bond donors (Lipinski definition) is 1. The Labute approximate surface area is 122 Å². The van der Waals surface area contributed by atoms with Crippen molar-refractivity contribution < 1.29 is 4.74 Å². The van der Waals surface area contributed by atoms with Crippen LogP contribution in [0.5, 0.6) is 6.01 Å². The summed E-state index contributed by atoms with van der Waals surface area (Å²) in [5, 5.41) is 3.03. The van der Waals surface area contributed by atoms with E-state index in [0.717, 1.165) is 10.7 Å². The number of hydrogen-bond acceptors (Lipinski definition) is 7. The van der Waals surface area contributed by atoms with Crippen molar-refractivity contribution in [2.45, 2.75) is 39.5 Å². The molecule has 2 rings (SSSR count). The molecule has 0 aliphatic rings. The maximum absolute atomic E-state index is 5.66. The molecule has 20 heavy (non-hydrogen) atoms. The first kappa shape index (κ1) is 14.6. The minimum absolute atomic E-state index is 0.0450. The second-order valence-electron chi connectivity index (χ2n) is 5.38. The Balaban J connectivity index is 2.19. The molecule has 0 atom stereocenters. The molecule has 0 spiro atoms. The molecular weight excluding hydrogens is 274 g/mol. The fourth-order valence-corrected chi connectivity index (χ4v) is 2.58. The second-order valence-corrected chi connectivity index (χ2v) is 6.32. The lowest BCUT2D eigenvalue weighted by atomic mass is 9.93. The highest BCUT2D eigenvalue weighted by Gasteiger charge is 2.18. The number of nitrogen functional groups attached to an aromatic ring is 1. The van der Waals surface area contributed by atoms with Crippen molar-refractivity contribution in [2.24, 2.45) is 0 Å². The van der Waals surface area contributed by atoms with Crippen molar-refractivity contribution >= 4 is 17.3 Å². The Morgan fingerprint density at radius 1 is 1.20 bits per heavy atom. The van der Waals surface area contributed by atoms with Crippen molar-refractivity contribution in [2.75, 3.05) is 12.3 Å². The van der Waals surface area contributed by atoms with Crippen LogP contribution in [-0.2, 0) is 11.8 Å². The van der Waals surface area contributed by atoms with Crippen LogP contribution < -0.4 is 10.5 Å². The van der Waals surface area contributed by atoms with E-state index in [9.17, 15) is 0 Å². The van der Waals surface area contributed by atoms with Gasteiger partial charge in [-0.25, -0.2) is 4.98 Å². The lowest BCUT2D eigenvalue weighted by Gasteiger charge is -2.14.